The van der Waals surface area contributed by atoms with Gasteiger partial charge in [-0.05, 0) is 0 Å². The fourth-order valence-electron chi connectivity index (χ4n) is 5.25. The van der Waals surface area contributed by atoms with Crippen LogP contribution in [0.15, 0.2) is 0 Å². The standard InChI is InChI=1S/C24H46N4O17.ClH/c25-6(1-29)14(35)19(7(34)2-30)43-23-12(27)17(38)21(9(4-32)41-23)45-24-13(28)18(39)20(10(5-33)42-24)44-22-11(26)16(37)15(36)8(3-31)40-22;/h1,6-24,30-39H,2-5,25-28H2;1H/t6-,7+,8+,9+,10+,11+,12+,13+,14+,15+,16+,17+,18+,19+,20+,21+,22-,23-,24-;/m0./s1. The predicted molar refractivity (Wildman–Crippen MR) is 150 cm³/mol. The van der Waals surface area contributed by atoms with E-state index in [4.69, 9.17) is 51.4 Å². The number of aliphatic hydroxyl groups is 10. The van der Waals surface area contributed by atoms with E-state index in [9.17, 15) is 55.9 Å². The van der Waals surface area contributed by atoms with Crippen LogP contribution in [0, 0.1) is 0 Å². The molecule has 272 valence electrons. The second-order valence-corrected chi connectivity index (χ2v) is 11.1. The van der Waals surface area contributed by atoms with Gasteiger partial charge < -0.3 is 107 Å². The van der Waals surface area contributed by atoms with Gasteiger partial charge in [0.05, 0.1) is 50.6 Å². The zero-order valence-corrected chi connectivity index (χ0v) is 25.2. The molecule has 0 aromatic heterocycles. The zero-order valence-electron chi connectivity index (χ0n) is 24.4. The molecule has 0 aliphatic carbocycles. The summed E-state index contributed by atoms with van der Waals surface area (Å²) in [6, 6.07) is -5.85. The molecule has 0 saturated carbocycles. The summed E-state index contributed by atoms with van der Waals surface area (Å²) >= 11 is 0. The smallest absolute Gasteiger partial charge is 0.176 e. The summed E-state index contributed by atoms with van der Waals surface area (Å²) in [7, 11) is 0. The minimum atomic E-state index is -1.84. The van der Waals surface area contributed by atoms with E-state index in [0.29, 0.717) is 0 Å². The van der Waals surface area contributed by atoms with E-state index in [1.54, 1.807) is 0 Å². The number of nitrogens with two attached hydrogens (primary N) is 4. The second kappa shape index (κ2) is 18.2. The van der Waals surface area contributed by atoms with Crippen LogP contribution in [0.25, 0.3) is 0 Å². The molecule has 3 rings (SSSR count). The van der Waals surface area contributed by atoms with Crippen LogP contribution >= 0.6 is 12.4 Å². The Morgan fingerprint density at radius 2 is 1.09 bits per heavy atom. The summed E-state index contributed by atoms with van der Waals surface area (Å²) in [6.45, 7) is -3.23. The van der Waals surface area contributed by atoms with Crippen molar-refractivity contribution in [2.45, 2.75) is 116 Å². The Kier molecular flexibility index (Phi) is 16.4. The molecule has 21 nitrogen and oxygen atoms in total. The first-order valence-electron chi connectivity index (χ1n) is 14.2. The molecule has 3 aliphatic heterocycles. The number of ether oxygens (including phenoxy) is 6. The number of carbonyl (C=O) groups excluding carboxylic acids is 1. The first-order chi connectivity index (χ1) is 21.2. The molecule has 0 radical (unpaired) electrons. The molecule has 0 amide bonds. The van der Waals surface area contributed by atoms with Crippen LogP contribution in [0.5, 0.6) is 0 Å². The van der Waals surface area contributed by atoms with Gasteiger partial charge in [0.1, 0.15) is 79.5 Å². The molecule has 0 spiro atoms. The van der Waals surface area contributed by atoms with Crippen LogP contribution in [-0.4, -0.2) is 200 Å². The summed E-state index contributed by atoms with van der Waals surface area (Å²) in [6.07, 6.45) is -23.4. The average molecular weight is 699 g/mol. The van der Waals surface area contributed by atoms with Gasteiger partial charge in [-0.2, -0.15) is 0 Å². The highest BCUT2D eigenvalue weighted by molar-refractivity contribution is 5.85. The Bertz CT molecular complexity index is 917. The maximum Gasteiger partial charge on any atom is 0.176 e. The van der Waals surface area contributed by atoms with Crippen molar-refractivity contribution in [1.82, 2.24) is 0 Å². The van der Waals surface area contributed by atoms with E-state index in [1.807, 2.05) is 0 Å². The highest BCUT2D eigenvalue weighted by Crippen LogP contribution is 2.32. The second-order valence-electron chi connectivity index (χ2n) is 11.1. The Labute approximate surface area is 268 Å². The van der Waals surface area contributed by atoms with Crippen molar-refractivity contribution in [3.05, 3.63) is 0 Å². The summed E-state index contributed by atoms with van der Waals surface area (Å²) < 4.78 is 33.7. The molecule has 3 fully saturated rings. The summed E-state index contributed by atoms with van der Waals surface area (Å²) in [4.78, 5) is 11.0. The van der Waals surface area contributed by atoms with Crippen molar-refractivity contribution in [2.24, 2.45) is 22.9 Å². The molecule has 0 unspecified atom stereocenters. The summed E-state index contributed by atoms with van der Waals surface area (Å²) in [5, 5.41) is 101. The first-order valence-corrected chi connectivity index (χ1v) is 14.2. The molecule has 18 N–H and O–H groups in total. The quantitative estimate of drug-likeness (QED) is 0.0748. The number of rotatable bonds is 14. The maximum atomic E-state index is 11.0. The number of aldehydes is 1. The van der Waals surface area contributed by atoms with E-state index in [2.05, 4.69) is 0 Å². The van der Waals surface area contributed by atoms with Crippen molar-refractivity contribution in [3.63, 3.8) is 0 Å². The van der Waals surface area contributed by atoms with Gasteiger partial charge in [0, 0.05) is 0 Å². The Morgan fingerprint density at radius 3 is 1.52 bits per heavy atom. The van der Waals surface area contributed by atoms with Gasteiger partial charge in [0.15, 0.2) is 18.9 Å². The lowest BCUT2D eigenvalue weighted by molar-refractivity contribution is -0.353. The van der Waals surface area contributed by atoms with Crippen molar-refractivity contribution in [3.8, 4) is 0 Å². The number of carbonyl (C=O) groups is 1. The van der Waals surface area contributed by atoms with Crippen LogP contribution < -0.4 is 22.9 Å². The third kappa shape index (κ3) is 8.84. The third-order valence-corrected chi connectivity index (χ3v) is 8.06. The lowest BCUT2D eigenvalue weighted by atomic mass is 9.94. The Balaban J connectivity index is 0.00000736. The van der Waals surface area contributed by atoms with Gasteiger partial charge in [-0.3, -0.25) is 0 Å². The zero-order chi connectivity index (χ0) is 33.7. The lowest BCUT2D eigenvalue weighted by Crippen LogP contribution is -2.69. The number of halogens is 1. The fourth-order valence-corrected chi connectivity index (χ4v) is 5.25. The molecular weight excluding hydrogens is 652 g/mol. The predicted octanol–water partition coefficient (Wildman–Crippen LogP) is -9.62. The first kappa shape index (κ1) is 41.3. The van der Waals surface area contributed by atoms with Crippen LogP contribution in [0.3, 0.4) is 0 Å². The van der Waals surface area contributed by atoms with E-state index < -0.39 is 143 Å². The molecule has 22 heteroatoms. The van der Waals surface area contributed by atoms with E-state index in [1.165, 1.54) is 0 Å². The minimum Gasteiger partial charge on any atom is -0.394 e. The number of aliphatic hydroxyl groups excluding tert-OH is 10. The van der Waals surface area contributed by atoms with E-state index >= 15 is 0 Å². The topological polar surface area (TPSA) is 379 Å². The van der Waals surface area contributed by atoms with Gasteiger partial charge in [-0.15, -0.1) is 12.4 Å². The molecular formula is C24H47ClN4O17. The highest BCUT2D eigenvalue weighted by atomic mass is 35.5. The molecule has 0 bridgehead atoms. The molecule has 0 aromatic rings. The minimum absolute atomic E-state index is 0. The fraction of sp³-hybridized carbons (Fsp3) is 0.958. The molecule has 46 heavy (non-hydrogen) atoms. The SMILES string of the molecule is Cl.N[C@H]1[C@H](O[C@H]2[C@H](O)[C@@H](N)[C@H](O[C@H]3[C@H](O)[C@@H](N)[C@H](O[C@@H]([C@H](O)[C@@H](N)C=O)[C@H](O)CO)O[C@@H]3CO)O[C@@H]2CO)O[C@H](CO)[C@@H](O)[C@@H]1O. The largest absolute Gasteiger partial charge is 0.394 e. The Morgan fingerprint density at radius 1 is 0.674 bits per heavy atom. The van der Waals surface area contributed by atoms with Crippen molar-refractivity contribution >= 4 is 18.7 Å². The van der Waals surface area contributed by atoms with Gasteiger partial charge in [-0.1, -0.05) is 0 Å². The van der Waals surface area contributed by atoms with Crippen LogP contribution in [0.4, 0.5) is 0 Å². The third-order valence-electron chi connectivity index (χ3n) is 8.06. The van der Waals surface area contributed by atoms with Gasteiger partial charge in [0.25, 0.3) is 0 Å². The lowest BCUT2D eigenvalue weighted by Gasteiger charge is -2.49. The van der Waals surface area contributed by atoms with Gasteiger partial charge in [-0.25, -0.2) is 0 Å². The van der Waals surface area contributed by atoms with Crippen LogP contribution in [0.2, 0.25) is 0 Å². The van der Waals surface area contributed by atoms with Crippen molar-refractivity contribution < 1.29 is 84.3 Å². The molecule has 3 saturated heterocycles. The van der Waals surface area contributed by atoms with Gasteiger partial charge in [0.2, 0.25) is 0 Å². The average Bonchev–Trinajstić information content (AvgIpc) is 3.04. The normalized spacial score (nSPS) is 44.4. The molecule has 0 aromatic carbocycles. The maximum absolute atomic E-state index is 11.0. The van der Waals surface area contributed by atoms with E-state index in [0.717, 1.165) is 0 Å². The van der Waals surface area contributed by atoms with Gasteiger partial charge >= 0.3 is 0 Å². The van der Waals surface area contributed by atoms with Crippen molar-refractivity contribution in [2.75, 3.05) is 26.4 Å². The van der Waals surface area contributed by atoms with Crippen LogP contribution in [0.1, 0.15) is 0 Å². The summed E-state index contributed by atoms with van der Waals surface area (Å²) in [5.41, 5.74) is 23.6. The number of hydrogen-bond donors (Lipinski definition) is 14. The molecule has 19 atom stereocenters. The Hall–Kier alpha value is -0.840. The van der Waals surface area contributed by atoms with Crippen molar-refractivity contribution in [1.29, 1.82) is 0 Å². The highest BCUT2D eigenvalue weighted by Gasteiger charge is 2.53. The number of hydrogen-bond acceptors (Lipinski definition) is 21. The van der Waals surface area contributed by atoms with E-state index in [-0.39, 0.29) is 18.7 Å². The monoisotopic (exact) mass is 698 g/mol. The van der Waals surface area contributed by atoms with Crippen LogP contribution in [-0.2, 0) is 33.2 Å². The summed E-state index contributed by atoms with van der Waals surface area (Å²) in [5.74, 6) is 0. The molecule has 3 heterocycles. The molecule has 3 aliphatic rings.